The first-order valence-corrected chi connectivity index (χ1v) is 5.64. The second-order valence-electron chi connectivity index (χ2n) is 3.51. The molecule has 0 aliphatic carbocycles. The molecule has 1 aromatic rings. The van der Waals surface area contributed by atoms with Crippen LogP contribution in [0.3, 0.4) is 0 Å². The molecule has 1 aliphatic rings. The molecule has 1 saturated heterocycles. The zero-order valence-corrected chi connectivity index (χ0v) is 10.1. The van der Waals surface area contributed by atoms with E-state index in [1.807, 2.05) is 11.6 Å². The molecule has 0 spiro atoms. The number of aromatic nitrogens is 2. The number of nitrogens with zero attached hydrogens (tertiary/aromatic N) is 2. The highest BCUT2D eigenvalue weighted by Crippen LogP contribution is 2.23. The Hall–Kier alpha value is -0.610. The Morgan fingerprint density at radius 2 is 2.29 bits per heavy atom. The molecule has 0 aromatic carbocycles. The van der Waals surface area contributed by atoms with Crippen LogP contribution in [0.5, 0.6) is 0 Å². The van der Waals surface area contributed by atoms with Gasteiger partial charge in [0, 0.05) is 19.6 Å². The van der Waals surface area contributed by atoms with E-state index < -0.39 is 0 Å². The Morgan fingerprint density at radius 1 is 1.57 bits per heavy atom. The number of nitrogens with one attached hydrogen (secondary N) is 1. The molecule has 1 N–H and O–H groups in total. The van der Waals surface area contributed by atoms with Crippen LogP contribution in [-0.2, 0) is 6.54 Å². The summed E-state index contributed by atoms with van der Waals surface area (Å²) in [5.74, 6) is 0. The van der Waals surface area contributed by atoms with Gasteiger partial charge in [-0.15, -0.1) is 0 Å². The van der Waals surface area contributed by atoms with Gasteiger partial charge in [0.1, 0.15) is 0 Å². The van der Waals surface area contributed by atoms with Crippen molar-refractivity contribution in [1.82, 2.24) is 15.1 Å². The van der Waals surface area contributed by atoms with Crippen LogP contribution in [-0.4, -0.2) is 22.9 Å². The van der Waals surface area contributed by atoms with E-state index in [1.54, 1.807) is 0 Å². The van der Waals surface area contributed by atoms with Gasteiger partial charge in [-0.1, -0.05) is 0 Å². The van der Waals surface area contributed by atoms with Gasteiger partial charge in [-0.2, -0.15) is 5.10 Å². The van der Waals surface area contributed by atoms with E-state index in [0.717, 1.165) is 29.8 Å². The van der Waals surface area contributed by atoms with Gasteiger partial charge in [0.25, 0.3) is 0 Å². The summed E-state index contributed by atoms with van der Waals surface area (Å²) in [7, 11) is 0. The molecular formula is C10H14BrN3. The normalized spacial score (nSPS) is 15.5. The maximum Gasteiger partial charge on any atom is 0.0755 e. The zero-order valence-electron chi connectivity index (χ0n) is 8.47. The highest BCUT2D eigenvalue weighted by atomic mass is 79.9. The minimum absolute atomic E-state index is 0.916. The van der Waals surface area contributed by atoms with E-state index in [1.165, 1.54) is 11.3 Å². The van der Waals surface area contributed by atoms with Crippen LogP contribution >= 0.6 is 15.9 Å². The summed E-state index contributed by atoms with van der Waals surface area (Å²) in [6, 6.07) is 0. The van der Waals surface area contributed by atoms with Crippen LogP contribution in [0.4, 0.5) is 0 Å². The zero-order chi connectivity index (χ0) is 10.1. The third kappa shape index (κ3) is 1.64. The Balaban J connectivity index is 2.39. The van der Waals surface area contributed by atoms with Crippen molar-refractivity contribution in [2.45, 2.75) is 20.4 Å². The molecule has 4 heteroatoms. The first-order chi connectivity index (χ1) is 6.72. The first kappa shape index (κ1) is 9.93. The van der Waals surface area contributed by atoms with Crippen molar-refractivity contribution < 1.29 is 0 Å². The third-order valence-electron chi connectivity index (χ3n) is 2.44. The summed E-state index contributed by atoms with van der Waals surface area (Å²) in [5, 5.41) is 7.68. The highest BCUT2D eigenvalue weighted by Gasteiger charge is 2.13. The quantitative estimate of drug-likeness (QED) is 0.876. The molecule has 2 heterocycles. The lowest BCUT2D eigenvalue weighted by atomic mass is 10.1. The van der Waals surface area contributed by atoms with Crippen LogP contribution in [0, 0.1) is 6.92 Å². The highest BCUT2D eigenvalue weighted by molar-refractivity contribution is 9.10. The van der Waals surface area contributed by atoms with Crippen LogP contribution in [0.15, 0.2) is 10.0 Å². The van der Waals surface area contributed by atoms with Gasteiger partial charge in [-0.25, -0.2) is 0 Å². The molecule has 1 aromatic heterocycles. The molecule has 1 aliphatic heterocycles. The van der Waals surface area contributed by atoms with Crippen molar-refractivity contribution in [2.75, 3.05) is 13.1 Å². The molecule has 14 heavy (non-hydrogen) atoms. The molecule has 0 saturated carbocycles. The fourth-order valence-corrected chi connectivity index (χ4v) is 1.92. The molecule has 0 unspecified atom stereocenters. The Bertz CT molecular complexity index is 373. The van der Waals surface area contributed by atoms with E-state index in [4.69, 9.17) is 0 Å². The van der Waals surface area contributed by atoms with Crippen molar-refractivity contribution in [3.8, 4) is 0 Å². The van der Waals surface area contributed by atoms with E-state index in [0.29, 0.717) is 0 Å². The number of rotatable bonds is 2. The number of hydrogen-bond acceptors (Lipinski definition) is 2. The average Bonchev–Trinajstić information content (AvgIpc) is 2.37. The smallest absolute Gasteiger partial charge is 0.0755 e. The van der Waals surface area contributed by atoms with E-state index in [-0.39, 0.29) is 0 Å². The monoisotopic (exact) mass is 255 g/mol. The summed E-state index contributed by atoms with van der Waals surface area (Å²) in [6.07, 6.45) is 2.23. The van der Waals surface area contributed by atoms with Gasteiger partial charge in [0.15, 0.2) is 0 Å². The van der Waals surface area contributed by atoms with Gasteiger partial charge in [0.05, 0.1) is 15.9 Å². The van der Waals surface area contributed by atoms with Crippen LogP contribution in [0.2, 0.25) is 0 Å². The first-order valence-electron chi connectivity index (χ1n) is 4.85. The van der Waals surface area contributed by atoms with Gasteiger partial charge < -0.3 is 5.32 Å². The van der Waals surface area contributed by atoms with Gasteiger partial charge in [-0.05, 0) is 41.4 Å². The number of aryl methyl sites for hydroxylation is 2. The predicted octanol–water partition coefficient (Wildman–Crippen LogP) is 1.96. The molecule has 0 atom stereocenters. The molecular weight excluding hydrogens is 242 g/mol. The van der Waals surface area contributed by atoms with Crippen molar-refractivity contribution in [3.63, 3.8) is 0 Å². The molecule has 0 radical (unpaired) electrons. The van der Waals surface area contributed by atoms with E-state index in [2.05, 4.69) is 39.3 Å². The number of hydrogen-bond donors (Lipinski definition) is 1. The molecule has 2 rings (SSSR count). The Labute approximate surface area is 92.3 Å². The summed E-state index contributed by atoms with van der Waals surface area (Å²) in [4.78, 5) is 0. The molecule has 0 bridgehead atoms. The largest absolute Gasteiger partial charge is 0.309 e. The lowest BCUT2D eigenvalue weighted by molar-refractivity contribution is 0.641. The lowest BCUT2D eigenvalue weighted by Gasteiger charge is -2.18. The van der Waals surface area contributed by atoms with Crippen LogP contribution < -0.4 is 5.32 Å². The summed E-state index contributed by atoms with van der Waals surface area (Å²) in [5.41, 5.74) is 3.70. The van der Waals surface area contributed by atoms with Crippen molar-refractivity contribution in [3.05, 3.63) is 21.4 Å². The fraction of sp³-hybridized carbons (Fsp3) is 0.500. The van der Waals surface area contributed by atoms with Gasteiger partial charge in [0.2, 0.25) is 0 Å². The average molecular weight is 256 g/mol. The maximum absolute atomic E-state index is 4.44. The Kier molecular flexibility index (Phi) is 2.74. The standard InChI is InChI=1S/C10H14BrN3/c1-3-14-9(4-8-5-12-6-8)10(11)7(2)13-14/h4,12H,3,5-6H2,1-2H3. The molecule has 0 amide bonds. The predicted molar refractivity (Wildman–Crippen MR) is 61.2 cm³/mol. The lowest BCUT2D eigenvalue weighted by Crippen LogP contribution is -2.33. The van der Waals surface area contributed by atoms with Crippen LogP contribution in [0.25, 0.3) is 6.08 Å². The van der Waals surface area contributed by atoms with Gasteiger partial charge >= 0.3 is 0 Å². The van der Waals surface area contributed by atoms with Crippen molar-refractivity contribution in [1.29, 1.82) is 0 Å². The molecule has 3 nitrogen and oxygen atoms in total. The second kappa shape index (κ2) is 3.87. The SMILES string of the molecule is CCn1nc(C)c(Br)c1C=C1CNC1. The van der Waals surface area contributed by atoms with E-state index >= 15 is 0 Å². The topological polar surface area (TPSA) is 29.9 Å². The summed E-state index contributed by atoms with van der Waals surface area (Å²) in [6.45, 7) is 7.08. The minimum Gasteiger partial charge on any atom is -0.309 e. The van der Waals surface area contributed by atoms with Crippen LogP contribution in [0.1, 0.15) is 18.3 Å². The van der Waals surface area contributed by atoms with Crippen molar-refractivity contribution in [2.24, 2.45) is 0 Å². The van der Waals surface area contributed by atoms with Crippen molar-refractivity contribution >= 4 is 22.0 Å². The maximum atomic E-state index is 4.44. The van der Waals surface area contributed by atoms with E-state index in [9.17, 15) is 0 Å². The summed E-state index contributed by atoms with van der Waals surface area (Å²) < 4.78 is 3.16. The minimum atomic E-state index is 0.916. The van der Waals surface area contributed by atoms with Gasteiger partial charge in [-0.3, -0.25) is 4.68 Å². The molecule has 1 fully saturated rings. The third-order valence-corrected chi connectivity index (χ3v) is 3.42. The number of halogens is 1. The second-order valence-corrected chi connectivity index (χ2v) is 4.30. The Morgan fingerprint density at radius 3 is 2.79 bits per heavy atom. The fourth-order valence-electron chi connectivity index (χ4n) is 1.52. The summed E-state index contributed by atoms with van der Waals surface area (Å²) >= 11 is 3.58. The molecule has 76 valence electrons.